The summed E-state index contributed by atoms with van der Waals surface area (Å²) in [4.78, 5) is 0. The van der Waals surface area contributed by atoms with Gasteiger partial charge in [0.2, 0.25) is 0 Å². The Balaban J connectivity index is 1.38. The van der Waals surface area contributed by atoms with Crippen LogP contribution in [-0.4, -0.2) is 9.13 Å². The quantitative estimate of drug-likeness (QED) is 0.181. The number of para-hydroxylation sites is 2. The van der Waals surface area contributed by atoms with E-state index in [-0.39, 0.29) is 5.41 Å². The molecule has 2 nitrogen and oxygen atoms in total. The smallest absolute Gasteiger partial charge is 0.0648 e. The van der Waals surface area contributed by atoms with Gasteiger partial charge >= 0.3 is 0 Å². The van der Waals surface area contributed by atoms with Gasteiger partial charge in [0, 0.05) is 43.7 Å². The minimum Gasteiger partial charge on any atom is -0.309 e. The van der Waals surface area contributed by atoms with E-state index in [1.54, 1.807) is 0 Å². The molecule has 10 aromatic rings. The Bertz CT molecular complexity index is 3010. The zero-order chi connectivity index (χ0) is 32.4. The second kappa shape index (κ2) is 9.49. The van der Waals surface area contributed by atoms with Crippen molar-refractivity contribution >= 4 is 65.2 Å². The summed E-state index contributed by atoms with van der Waals surface area (Å²) in [6, 6.07) is 58.5. The van der Waals surface area contributed by atoms with Crippen LogP contribution in [0.5, 0.6) is 0 Å². The fourth-order valence-electron chi connectivity index (χ4n) is 9.15. The summed E-state index contributed by atoms with van der Waals surface area (Å²) in [5, 5.41) is 10.3. The van der Waals surface area contributed by atoms with E-state index in [2.05, 4.69) is 181 Å². The highest BCUT2D eigenvalue weighted by molar-refractivity contribution is 6.39. The van der Waals surface area contributed by atoms with Crippen molar-refractivity contribution in [1.29, 1.82) is 0 Å². The molecule has 2 heterocycles. The third-order valence-corrected chi connectivity index (χ3v) is 11.3. The number of hydrogen-bond donors (Lipinski definition) is 0. The Kier molecular flexibility index (Phi) is 5.21. The third kappa shape index (κ3) is 3.40. The molecule has 2 heteroatoms. The Hall–Kier alpha value is -6.12. The standard InChI is InChI=1S/C47H32N2/c1-47(2)38-22-12-10-18-33(38)34-26-25-31(28-39(34)47)49-40-23-13-11-21-37(40)44-45(49)36-20-9-8-19-35(36)43-42-32-17-7-6-14-29(32)24-27-41(42)48(46(43)44)30-15-4-3-5-16-30/h3-28H,1-2H3. The number of hydrogen-bond acceptors (Lipinski definition) is 0. The largest absolute Gasteiger partial charge is 0.309 e. The number of fused-ring (bicyclic) bond motifs is 15. The van der Waals surface area contributed by atoms with E-state index in [0.717, 1.165) is 0 Å². The second-order valence-corrected chi connectivity index (χ2v) is 14.1. The van der Waals surface area contributed by atoms with Crippen LogP contribution in [0.3, 0.4) is 0 Å². The molecule has 0 unspecified atom stereocenters. The van der Waals surface area contributed by atoms with Crippen LogP contribution in [0.2, 0.25) is 0 Å². The first-order chi connectivity index (χ1) is 24.1. The Labute approximate surface area is 284 Å². The van der Waals surface area contributed by atoms with Gasteiger partial charge in [-0.25, -0.2) is 0 Å². The summed E-state index contributed by atoms with van der Waals surface area (Å²) in [7, 11) is 0. The SMILES string of the molecule is CC1(C)c2ccccc2-c2ccc(-n3c4ccccc4c4c3c3ccccc3c3c5c6ccccc6ccc5n(-c5ccccc5)c34)cc21. The first-order valence-corrected chi connectivity index (χ1v) is 17.2. The van der Waals surface area contributed by atoms with Crippen molar-refractivity contribution in [3.05, 3.63) is 169 Å². The molecule has 8 aromatic carbocycles. The molecule has 0 saturated heterocycles. The molecule has 0 fully saturated rings. The Morgan fingerprint density at radius 1 is 0.388 bits per heavy atom. The van der Waals surface area contributed by atoms with Crippen LogP contribution >= 0.6 is 0 Å². The van der Waals surface area contributed by atoms with Gasteiger partial charge in [-0.2, -0.15) is 0 Å². The fraction of sp³-hybridized carbons (Fsp3) is 0.0638. The molecule has 0 N–H and O–H groups in total. The zero-order valence-corrected chi connectivity index (χ0v) is 27.4. The molecule has 0 radical (unpaired) electrons. The van der Waals surface area contributed by atoms with Crippen LogP contribution in [0.1, 0.15) is 25.0 Å². The Morgan fingerprint density at radius 3 is 1.90 bits per heavy atom. The van der Waals surface area contributed by atoms with Gasteiger partial charge in [-0.1, -0.05) is 135 Å². The topological polar surface area (TPSA) is 9.86 Å². The van der Waals surface area contributed by atoms with Gasteiger partial charge in [0.15, 0.2) is 0 Å². The second-order valence-electron chi connectivity index (χ2n) is 14.1. The van der Waals surface area contributed by atoms with Crippen molar-refractivity contribution in [2.24, 2.45) is 0 Å². The molecule has 0 atom stereocenters. The van der Waals surface area contributed by atoms with E-state index < -0.39 is 0 Å². The first kappa shape index (κ1) is 26.9. The van der Waals surface area contributed by atoms with Crippen LogP contribution in [0.4, 0.5) is 0 Å². The molecule has 1 aliphatic carbocycles. The lowest BCUT2D eigenvalue weighted by molar-refractivity contribution is 0.660. The number of benzene rings is 8. The van der Waals surface area contributed by atoms with Gasteiger partial charge in [-0.05, 0) is 74.8 Å². The maximum atomic E-state index is 2.54. The van der Waals surface area contributed by atoms with E-state index in [1.165, 1.54) is 98.8 Å². The van der Waals surface area contributed by atoms with Gasteiger partial charge in [0.1, 0.15) is 0 Å². The number of rotatable bonds is 2. The predicted molar refractivity (Wildman–Crippen MR) is 208 cm³/mol. The lowest BCUT2D eigenvalue weighted by Gasteiger charge is -2.22. The highest BCUT2D eigenvalue weighted by Crippen LogP contribution is 2.51. The van der Waals surface area contributed by atoms with Crippen molar-refractivity contribution in [2.45, 2.75) is 19.3 Å². The third-order valence-electron chi connectivity index (χ3n) is 11.3. The van der Waals surface area contributed by atoms with Crippen LogP contribution in [0, 0.1) is 0 Å². The monoisotopic (exact) mass is 624 g/mol. The van der Waals surface area contributed by atoms with Crippen LogP contribution in [-0.2, 0) is 5.41 Å². The van der Waals surface area contributed by atoms with Gasteiger partial charge in [-0.15, -0.1) is 0 Å². The Morgan fingerprint density at radius 2 is 1.04 bits per heavy atom. The summed E-state index contributed by atoms with van der Waals surface area (Å²) in [5.41, 5.74) is 12.7. The maximum Gasteiger partial charge on any atom is 0.0648 e. The summed E-state index contributed by atoms with van der Waals surface area (Å²) >= 11 is 0. The normalized spacial score (nSPS) is 13.7. The molecule has 0 aliphatic heterocycles. The van der Waals surface area contributed by atoms with E-state index >= 15 is 0 Å². The van der Waals surface area contributed by atoms with Gasteiger partial charge < -0.3 is 9.13 Å². The number of aromatic nitrogens is 2. The van der Waals surface area contributed by atoms with Gasteiger partial charge in [-0.3, -0.25) is 0 Å². The van der Waals surface area contributed by atoms with Crippen LogP contribution < -0.4 is 0 Å². The highest BCUT2D eigenvalue weighted by atomic mass is 15.0. The summed E-state index contributed by atoms with van der Waals surface area (Å²) in [5.74, 6) is 0. The molecule has 0 saturated carbocycles. The van der Waals surface area contributed by atoms with E-state index in [1.807, 2.05) is 0 Å². The predicted octanol–water partition coefficient (Wildman–Crippen LogP) is 12.5. The van der Waals surface area contributed by atoms with E-state index in [9.17, 15) is 0 Å². The average molecular weight is 625 g/mol. The zero-order valence-electron chi connectivity index (χ0n) is 27.4. The molecule has 49 heavy (non-hydrogen) atoms. The highest BCUT2D eigenvalue weighted by Gasteiger charge is 2.35. The minimum atomic E-state index is -0.0865. The van der Waals surface area contributed by atoms with E-state index in [0.29, 0.717) is 0 Å². The fourth-order valence-corrected chi connectivity index (χ4v) is 9.15. The van der Waals surface area contributed by atoms with Crippen molar-refractivity contribution in [3.8, 4) is 22.5 Å². The van der Waals surface area contributed by atoms with E-state index in [4.69, 9.17) is 0 Å². The van der Waals surface area contributed by atoms with Gasteiger partial charge in [0.25, 0.3) is 0 Å². The van der Waals surface area contributed by atoms with Crippen LogP contribution in [0.25, 0.3) is 87.7 Å². The van der Waals surface area contributed by atoms with Crippen molar-refractivity contribution in [1.82, 2.24) is 9.13 Å². The molecule has 0 bridgehead atoms. The molecule has 2 aromatic heterocycles. The summed E-state index contributed by atoms with van der Waals surface area (Å²) in [6.45, 7) is 4.74. The van der Waals surface area contributed by atoms with Crippen molar-refractivity contribution < 1.29 is 0 Å². The van der Waals surface area contributed by atoms with Crippen molar-refractivity contribution in [3.63, 3.8) is 0 Å². The average Bonchev–Trinajstić information content (AvgIpc) is 3.76. The lowest BCUT2D eigenvalue weighted by atomic mass is 9.82. The molecule has 1 aliphatic rings. The molecule has 11 rings (SSSR count). The molecule has 230 valence electrons. The summed E-state index contributed by atoms with van der Waals surface area (Å²) < 4.78 is 5.06. The molecular weight excluding hydrogens is 593 g/mol. The lowest BCUT2D eigenvalue weighted by Crippen LogP contribution is -2.15. The molecule has 0 amide bonds. The maximum absolute atomic E-state index is 2.54. The summed E-state index contributed by atoms with van der Waals surface area (Å²) in [6.07, 6.45) is 0. The molecule has 0 spiro atoms. The number of nitrogens with zero attached hydrogens (tertiary/aromatic N) is 2. The minimum absolute atomic E-state index is 0.0865. The van der Waals surface area contributed by atoms with Crippen molar-refractivity contribution in [2.75, 3.05) is 0 Å². The van der Waals surface area contributed by atoms with Crippen LogP contribution in [0.15, 0.2) is 158 Å². The molecular formula is C47H32N2. The van der Waals surface area contributed by atoms with Gasteiger partial charge in [0.05, 0.1) is 22.1 Å². The first-order valence-electron chi connectivity index (χ1n) is 17.2.